The molecule has 0 spiro atoms. The summed E-state index contributed by atoms with van der Waals surface area (Å²) in [6.07, 6.45) is 0.918. The number of likely N-dealkylation sites (N-methyl/N-ethyl adjacent to an activating group) is 1. The molecular formula is C17H26FN3O2. The van der Waals surface area contributed by atoms with Gasteiger partial charge in [-0.05, 0) is 25.6 Å². The van der Waals surface area contributed by atoms with E-state index in [0.29, 0.717) is 45.0 Å². The summed E-state index contributed by atoms with van der Waals surface area (Å²) >= 11 is 0. The first kappa shape index (κ1) is 17.7. The lowest BCUT2D eigenvalue weighted by Crippen LogP contribution is -2.51. The normalized spacial score (nSPS) is 15.3. The molecule has 1 aromatic carbocycles. The number of hydrogen-bond donors (Lipinski definition) is 0. The van der Waals surface area contributed by atoms with E-state index < -0.39 is 0 Å². The second-order valence-electron chi connectivity index (χ2n) is 5.90. The fourth-order valence-corrected chi connectivity index (χ4v) is 2.79. The van der Waals surface area contributed by atoms with E-state index in [0.717, 1.165) is 13.0 Å². The number of para-hydroxylation sites is 1. The summed E-state index contributed by atoms with van der Waals surface area (Å²) < 4.78 is 18.8. The molecule has 0 saturated carbocycles. The Morgan fingerprint density at radius 1 is 1.26 bits per heavy atom. The number of methoxy groups -OCH3 is 1. The highest BCUT2D eigenvalue weighted by molar-refractivity contribution is 5.78. The molecule has 2 rings (SSSR count). The zero-order chi connectivity index (χ0) is 16.7. The third kappa shape index (κ3) is 5.18. The van der Waals surface area contributed by atoms with Crippen molar-refractivity contribution in [3.63, 3.8) is 0 Å². The van der Waals surface area contributed by atoms with Gasteiger partial charge in [0, 0.05) is 46.4 Å². The van der Waals surface area contributed by atoms with Crippen molar-refractivity contribution in [3.05, 3.63) is 30.1 Å². The van der Waals surface area contributed by atoms with Crippen molar-refractivity contribution in [2.45, 2.75) is 6.42 Å². The summed E-state index contributed by atoms with van der Waals surface area (Å²) in [6, 6.07) is 6.79. The number of ether oxygens (including phenoxy) is 1. The Labute approximate surface area is 137 Å². The zero-order valence-corrected chi connectivity index (χ0v) is 14.0. The van der Waals surface area contributed by atoms with E-state index in [1.165, 1.54) is 6.07 Å². The third-order valence-electron chi connectivity index (χ3n) is 4.12. The van der Waals surface area contributed by atoms with E-state index in [9.17, 15) is 9.18 Å². The summed E-state index contributed by atoms with van der Waals surface area (Å²) in [5.74, 6) is -0.0664. The number of amides is 1. The molecule has 5 nitrogen and oxygen atoms in total. The maximum atomic E-state index is 13.8. The van der Waals surface area contributed by atoms with E-state index in [1.807, 2.05) is 27.8 Å². The van der Waals surface area contributed by atoms with Crippen LogP contribution in [-0.2, 0) is 9.53 Å². The van der Waals surface area contributed by atoms with Crippen LogP contribution in [0.2, 0.25) is 0 Å². The van der Waals surface area contributed by atoms with Gasteiger partial charge in [0.2, 0.25) is 5.91 Å². The van der Waals surface area contributed by atoms with Gasteiger partial charge in [0.05, 0.1) is 12.2 Å². The molecule has 1 saturated heterocycles. The number of rotatable bonds is 7. The lowest BCUT2D eigenvalue weighted by Gasteiger charge is -2.36. The highest BCUT2D eigenvalue weighted by Gasteiger charge is 2.23. The number of carbonyl (C=O) groups is 1. The molecule has 0 unspecified atom stereocenters. The third-order valence-corrected chi connectivity index (χ3v) is 4.12. The maximum Gasteiger partial charge on any atom is 0.236 e. The molecule has 0 radical (unpaired) electrons. The molecule has 1 aromatic rings. The first-order valence-electron chi connectivity index (χ1n) is 8.06. The molecule has 1 heterocycles. The van der Waals surface area contributed by atoms with Crippen LogP contribution < -0.4 is 4.90 Å². The molecular weight excluding hydrogens is 297 g/mol. The van der Waals surface area contributed by atoms with Gasteiger partial charge in [-0.25, -0.2) is 4.39 Å². The lowest BCUT2D eigenvalue weighted by molar-refractivity contribution is -0.132. The van der Waals surface area contributed by atoms with E-state index in [1.54, 1.807) is 19.2 Å². The van der Waals surface area contributed by atoms with Gasteiger partial charge < -0.3 is 14.5 Å². The van der Waals surface area contributed by atoms with Crippen LogP contribution in [0.3, 0.4) is 0 Å². The highest BCUT2D eigenvalue weighted by Crippen LogP contribution is 2.20. The number of piperazine rings is 1. The molecule has 128 valence electrons. The minimum absolute atomic E-state index is 0.137. The molecule has 0 aromatic heterocycles. The van der Waals surface area contributed by atoms with Crippen LogP contribution in [0.25, 0.3) is 0 Å². The van der Waals surface area contributed by atoms with E-state index >= 15 is 0 Å². The Hall–Kier alpha value is -1.66. The number of benzene rings is 1. The van der Waals surface area contributed by atoms with Gasteiger partial charge in [-0.2, -0.15) is 0 Å². The van der Waals surface area contributed by atoms with Gasteiger partial charge in [-0.1, -0.05) is 12.1 Å². The van der Waals surface area contributed by atoms with Crippen molar-refractivity contribution in [1.82, 2.24) is 9.80 Å². The number of carbonyl (C=O) groups excluding carboxylic acids is 1. The van der Waals surface area contributed by atoms with Crippen LogP contribution >= 0.6 is 0 Å². The number of hydrogen-bond acceptors (Lipinski definition) is 4. The van der Waals surface area contributed by atoms with Crippen molar-refractivity contribution < 1.29 is 13.9 Å². The van der Waals surface area contributed by atoms with Crippen LogP contribution in [0.5, 0.6) is 0 Å². The molecule has 0 bridgehead atoms. The topological polar surface area (TPSA) is 36.0 Å². The Kier molecular flexibility index (Phi) is 6.80. The number of nitrogens with zero attached hydrogens (tertiary/aromatic N) is 3. The fourth-order valence-electron chi connectivity index (χ4n) is 2.79. The quantitative estimate of drug-likeness (QED) is 0.712. The van der Waals surface area contributed by atoms with E-state index in [4.69, 9.17) is 4.74 Å². The SMILES string of the molecule is COCCCN(C)CC(=O)N1CCN(c2ccccc2F)CC1. The Morgan fingerprint density at radius 2 is 1.96 bits per heavy atom. The predicted octanol–water partition coefficient (Wildman–Crippen LogP) is 1.44. The summed E-state index contributed by atoms with van der Waals surface area (Å²) in [4.78, 5) is 18.2. The summed E-state index contributed by atoms with van der Waals surface area (Å²) in [6.45, 7) is 4.58. The maximum absolute atomic E-state index is 13.8. The average molecular weight is 323 g/mol. The van der Waals surface area contributed by atoms with E-state index in [-0.39, 0.29) is 11.7 Å². The van der Waals surface area contributed by atoms with Gasteiger partial charge in [0.1, 0.15) is 5.82 Å². The summed E-state index contributed by atoms with van der Waals surface area (Å²) in [5.41, 5.74) is 0.622. The second-order valence-corrected chi connectivity index (χ2v) is 5.90. The van der Waals surface area contributed by atoms with Crippen LogP contribution in [0, 0.1) is 5.82 Å². The zero-order valence-electron chi connectivity index (χ0n) is 14.0. The summed E-state index contributed by atoms with van der Waals surface area (Å²) in [7, 11) is 3.63. The predicted molar refractivity (Wildman–Crippen MR) is 89.2 cm³/mol. The molecule has 1 fully saturated rings. The minimum atomic E-state index is -0.204. The van der Waals surface area contributed by atoms with Gasteiger partial charge in [0.25, 0.3) is 0 Å². The Balaban J connectivity index is 1.77. The highest BCUT2D eigenvalue weighted by atomic mass is 19.1. The van der Waals surface area contributed by atoms with Crippen molar-refractivity contribution in [3.8, 4) is 0 Å². The molecule has 0 aliphatic carbocycles. The first-order chi connectivity index (χ1) is 11.1. The van der Waals surface area contributed by atoms with Crippen molar-refractivity contribution in [2.75, 3.05) is 64.9 Å². The first-order valence-corrected chi connectivity index (χ1v) is 8.06. The van der Waals surface area contributed by atoms with Crippen LogP contribution in [0.15, 0.2) is 24.3 Å². The average Bonchev–Trinajstić information content (AvgIpc) is 2.56. The summed E-state index contributed by atoms with van der Waals surface area (Å²) in [5, 5.41) is 0. The molecule has 1 aliphatic heterocycles. The Morgan fingerprint density at radius 3 is 2.61 bits per heavy atom. The lowest BCUT2D eigenvalue weighted by atomic mass is 10.2. The van der Waals surface area contributed by atoms with Gasteiger partial charge >= 0.3 is 0 Å². The van der Waals surface area contributed by atoms with Crippen molar-refractivity contribution >= 4 is 11.6 Å². The van der Waals surface area contributed by atoms with Gasteiger partial charge in [0.15, 0.2) is 0 Å². The minimum Gasteiger partial charge on any atom is -0.385 e. The van der Waals surface area contributed by atoms with Gasteiger partial charge in [-0.15, -0.1) is 0 Å². The molecule has 23 heavy (non-hydrogen) atoms. The number of anilines is 1. The van der Waals surface area contributed by atoms with Crippen LogP contribution in [-0.4, -0.2) is 75.7 Å². The molecule has 6 heteroatoms. The van der Waals surface area contributed by atoms with Crippen molar-refractivity contribution in [2.24, 2.45) is 0 Å². The molecule has 0 N–H and O–H groups in total. The van der Waals surface area contributed by atoms with Crippen LogP contribution in [0.4, 0.5) is 10.1 Å². The van der Waals surface area contributed by atoms with Crippen LogP contribution in [0.1, 0.15) is 6.42 Å². The largest absolute Gasteiger partial charge is 0.385 e. The molecule has 1 amide bonds. The van der Waals surface area contributed by atoms with Crippen molar-refractivity contribution in [1.29, 1.82) is 0 Å². The van der Waals surface area contributed by atoms with E-state index in [2.05, 4.69) is 0 Å². The smallest absolute Gasteiger partial charge is 0.236 e. The monoisotopic (exact) mass is 323 g/mol. The fraction of sp³-hybridized carbons (Fsp3) is 0.588. The standard InChI is InChI=1S/C17H26FN3O2/c1-19(8-5-13-23-2)14-17(22)21-11-9-20(10-12-21)16-7-4-3-6-15(16)18/h3-4,6-7H,5,8-14H2,1-2H3. The number of halogens is 1. The Bertz CT molecular complexity index is 504. The molecule has 0 atom stereocenters. The van der Waals surface area contributed by atoms with Gasteiger partial charge in [-0.3, -0.25) is 9.69 Å². The second kappa shape index (κ2) is 8.84. The molecule has 1 aliphatic rings.